The van der Waals surface area contributed by atoms with Gasteiger partial charge in [-0.25, -0.2) is 8.42 Å². The van der Waals surface area contributed by atoms with Gasteiger partial charge in [-0.1, -0.05) is 32.9 Å². The number of benzene rings is 1. The van der Waals surface area contributed by atoms with Gasteiger partial charge in [0.2, 0.25) is 5.91 Å². The maximum Gasteiger partial charge on any atom is 0.255 e. The lowest BCUT2D eigenvalue weighted by Crippen LogP contribution is -2.51. The van der Waals surface area contributed by atoms with Gasteiger partial charge in [-0.05, 0) is 18.6 Å². The zero-order valence-electron chi connectivity index (χ0n) is 15.1. The molecule has 25 heavy (non-hydrogen) atoms. The fourth-order valence-corrected chi connectivity index (χ4v) is 4.49. The molecule has 0 aromatic heterocycles. The Hall–Kier alpha value is -1.89. The Morgan fingerprint density at radius 2 is 1.60 bits per heavy atom. The van der Waals surface area contributed by atoms with Gasteiger partial charge >= 0.3 is 0 Å². The van der Waals surface area contributed by atoms with Gasteiger partial charge in [0.25, 0.3) is 5.91 Å². The van der Waals surface area contributed by atoms with E-state index < -0.39 is 9.84 Å². The van der Waals surface area contributed by atoms with Crippen molar-refractivity contribution in [3.8, 4) is 0 Å². The van der Waals surface area contributed by atoms with E-state index in [0.717, 1.165) is 0 Å². The summed E-state index contributed by atoms with van der Waals surface area (Å²) in [6.07, 6.45) is 0.501. The maximum absolute atomic E-state index is 12.8. The molecule has 1 aliphatic rings. The van der Waals surface area contributed by atoms with Gasteiger partial charge in [-0.2, -0.15) is 0 Å². The molecule has 0 radical (unpaired) electrons. The first kappa shape index (κ1) is 19.4. The number of piperazine rings is 1. The van der Waals surface area contributed by atoms with Gasteiger partial charge in [0.15, 0.2) is 9.84 Å². The van der Waals surface area contributed by atoms with E-state index in [0.29, 0.717) is 32.6 Å². The van der Waals surface area contributed by atoms with E-state index >= 15 is 0 Å². The van der Waals surface area contributed by atoms with Crippen molar-refractivity contribution in [1.29, 1.82) is 0 Å². The number of hydrogen-bond acceptors (Lipinski definition) is 4. The summed E-state index contributed by atoms with van der Waals surface area (Å²) in [5.41, 5.74) is 0.222. The van der Waals surface area contributed by atoms with E-state index in [1.54, 1.807) is 34.9 Å². The lowest BCUT2D eigenvalue weighted by atomic mass is 10.1. The molecule has 0 aliphatic carbocycles. The Balaban J connectivity index is 2.17. The van der Waals surface area contributed by atoms with Gasteiger partial charge in [-0.15, -0.1) is 0 Å². The molecular weight excluding hydrogens is 340 g/mol. The summed E-state index contributed by atoms with van der Waals surface area (Å²) in [5.74, 6) is -0.249. The van der Waals surface area contributed by atoms with E-state index in [9.17, 15) is 18.0 Å². The van der Waals surface area contributed by atoms with E-state index in [-0.39, 0.29) is 33.9 Å². The second-order valence-electron chi connectivity index (χ2n) is 6.59. The van der Waals surface area contributed by atoms with Gasteiger partial charge in [-0.3, -0.25) is 9.59 Å². The molecular formula is C18H26N2O4S. The Morgan fingerprint density at radius 3 is 2.16 bits per heavy atom. The summed E-state index contributed by atoms with van der Waals surface area (Å²) in [5, 5.41) is 0. The molecule has 0 unspecified atom stereocenters. The fourth-order valence-electron chi connectivity index (χ4n) is 2.96. The quantitative estimate of drug-likeness (QED) is 0.796. The van der Waals surface area contributed by atoms with Crippen LogP contribution in [0.25, 0.3) is 0 Å². The second-order valence-corrected chi connectivity index (χ2v) is 8.66. The highest BCUT2D eigenvalue weighted by Crippen LogP contribution is 2.20. The minimum atomic E-state index is -3.47. The standard InChI is InChI=1S/C18H26N2O4S/c1-4-13-25(23,24)16-8-6-5-7-15(16)18(22)20-11-9-19(10-12-20)17(21)14(2)3/h5-8,14H,4,9-13H2,1-3H3. The lowest BCUT2D eigenvalue weighted by molar-refractivity contribution is -0.135. The molecule has 1 aromatic carbocycles. The average molecular weight is 366 g/mol. The molecule has 1 heterocycles. The largest absolute Gasteiger partial charge is 0.339 e. The third-order valence-corrected chi connectivity index (χ3v) is 6.27. The lowest BCUT2D eigenvalue weighted by Gasteiger charge is -2.35. The Bertz CT molecular complexity index is 735. The summed E-state index contributed by atoms with van der Waals surface area (Å²) >= 11 is 0. The van der Waals surface area contributed by atoms with Crippen molar-refractivity contribution in [1.82, 2.24) is 9.80 Å². The molecule has 1 fully saturated rings. The van der Waals surface area contributed by atoms with Crippen molar-refractivity contribution < 1.29 is 18.0 Å². The zero-order chi connectivity index (χ0) is 18.6. The van der Waals surface area contributed by atoms with Crippen molar-refractivity contribution in [3.63, 3.8) is 0 Å². The number of nitrogens with zero attached hydrogens (tertiary/aromatic N) is 2. The van der Waals surface area contributed by atoms with Crippen LogP contribution in [0.2, 0.25) is 0 Å². The fraction of sp³-hybridized carbons (Fsp3) is 0.556. The van der Waals surface area contributed by atoms with Crippen LogP contribution >= 0.6 is 0 Å². The van der Waals surface area contributed by atoms with Crippen LogP contribution in [0.1, 0.15) is 37.6 Å². The van der Waals surface area contributed by atoms with Crippen molar-refractivity contribution >= 4 is 21.7 Å². The molecule has 0 saturated carbocycles. The van der Waals surface area contributed by atoms with Crippen molar-refractivity contribution in [2.45, 2.75) is 32.1 Å². The third-order valence-electron chi connectivity index (χ3n) is 4.30. The average Bonchev–Trinajstić information content (AvgIpc) is 2.60. The first-order valence-corrected chi connectivity index (χ1v) is 10.3. The number of carbonyl (C=O) groups is 2. The topological polar surface area (TPSA) is 74.8 Å². The van der Waals surface area contributed by atoms with E-state index in [4.69, 9.17) is 0 Å². The van der Waals surface area contributed by atoms with Crippen LogP contribution in [0.15, 0.2) is 29.2 Å². The molecule has 0 bridgehead atoms. The van der Waals surface area contributed by atoms with Crippen LogP contribution in [0, 0.1) is 5.92 Å². The molecule has 1 saturated heterocycles. The Labute approximate surface area is 149 Å². The number of rotatable bonds is 5. The first-order chi connectivity index (χ1) is 11.8. The van der Waals surface area contributed by atoms with Crippen LogP contribution in [0.3, 0.4) is 0 Å². The van der Waals surface area contributed by atoms with Crippen LogP contribution in [-0.4, -0.2) is 62.0 Å². The summed E-state index contributed by atoms with van der Waals surface area (Å²) in [6.45, 7) is 7.30. The van der Waals surface area contributed by atoms with Gasteiger partial charge in [0, 0.05) is 32.1 Å². The van der Waals surface area contributed by atoms with Gasteiger partial charge in [0.05, 0.1) is 16.2 Å². The van der Waals surface area contributed by atoms with Crippen molar-refractivity contribution in [3.05, 3.63) is 29.8 Å². The SMILES string of the molecule is CCCS(=O)(=O)c1ccccc1C(=O)N1CCN(C(=O)C(C)C)CC1. The van der Waals surface area contributed by atoms with E-state index in [1.165, 1.54) is 6.07 Å². The van der Waals surface area contributed by atoms with Crippen LogP contribution in [0.4, 0.5) is 0 Å². The van der Waals surface area contributed by atoms with E-state index in [2.05, 4.69) is 0 Å². The minimum absolute atomic E-state index is 0.0218. The Morgan fingerprint density at radius 1 is 1.04 bits per heavy atom. The third kappa shape index (κ3) is 4.39. The number of sulfone groups is 1. The highest BCUT2D eigenvalue weighted by molar-refractivity contribution is 7.91. The number of carbonyl (C=O) groups excluding carboxylic acids is 2. The molecule has 0 spiro atoms. The Kier molecular flexibility index (Phi) is 6.21. The van der Waals surface area contributed by atoms with E-state index in [1.807, 2.05) is 13.8 Å². The van der Waals surface area contributed by atoms with Crippen LogP contribution in [0.5, 0.6) is 0 Å². The van der Waals surface area contributed by atoms with Gasteiger partial charge < -0.3 is 9.80 Å². The van der Waals surface area contributed by atoms with Crippen molar-refractivity contribution in [2.75, 3.05) is 31.9 Å². The molecule has 0 atom stereocenters. The molecule has 1 aromatic rings. The summed E-state index contributed by atoms with van der Waals surface area (Å²) in [7, 11) is -3.47. The monoisotopic (exact) mass is 366 g/mol. The molecule has 2 rings (SSSR count). The maximum atomic E-state index is 12.8. The zero-order valence-corrected chi connectivity index (χ0v) is 15.9. The van der Waals surface area contributed by atoms with Crippen LogP contribution < -0.4 is 0 Å². The minimum Gasteiger partial charge on any atom is -0.339 e. The molecule has 1 aliphatic heterocycles. The molecule has 6 nitrogen and oxygen atoms in total. The second kappa shape index (κ2) is 7.99. The number of amides is 2. The highest BCUT2D eigenvalue weighted by atomic mass is 32.2. The van der Waals surface area contributed by atoms with Crippen molar-refractivity contribution in [2.24, 2.45) is 5.92 Å². The highest BCUT2D eigenvalue weighted by Gasteiger charge is 2.29. The molecule has 0 N–H and O–H groups in total. The first-order valence-electron chi connectivity index (χ1n) is 8.67. The molecule has 2 amide bonds. The van der Waals surface area contributed by atoms with Crippen LogP contribution in [-0.2, 0) is 14.6 Å². The molecule has 7 heteroatoms. The normalized spacial score (nSPS) is 15.5. The predicted octanol–water partition coefficient (Wildman–Crippen LogP) is 1.81. The summed E-state index contributed by atoms with van der Waals surface area (Å²) in [6, 6.07) is 6.38. The van der Waals surface area contributed by atoms with Gasteiger partial charge in [0.1, 0.15) is 0 Å². The number of hydrogen-bond donors (Lipinski definition) is 0. The summed E-state index contributed by atoms with van der Waals surface area (Å²) < 4.78 is 24.9. The predicted molar refractivity (Wildman–Crippen MR) is 96.1 cm³/mol. The smallest absolute Gasteiger partial charge is 0.255 e. The molecule has 138 valence electrons. The summed E-state index contributed by atoms with van der Waals surface area (Å²) in [4.78, 5) is 28.4.